The average molecular weight is 224 g/mol. The molecular weight excluding hydrogens is 212 g/mol. The number of halogens is 3. The van der Waals surface area contributed by atoms with Gasteiger partial charge in [0.1, 0.15) is 11.6 Å². The number of rotatable bonds is 3. The highest BCUT2D eigenvalue weighted by molar-refractivity contribution is 5.85. The molecule has 0 aliphatic rings. The number of nitrogens with two attached hydrogens (primary N) is 1. The average Bonchev–Trinajstić information content (AvgIpc) is 2.04. The second-order valence-electron chi connectivity index (χ2n) is 2.75. The van der Waals surface area contributed by atoms with Crippen LogP contribution in [0.25, 0.3) is 0 Å². The maximum atomic E-state index is 13.0. The van der Waals surface area contributed by atoms with Crippen molar-refractivity contribution in [2.75, 3.05) is 6.61 Å². The van der Waals surface area contributed by atoms with Crippen molar-refractivity contribution in [2.24, 2.45) is 5.73 Å². The van der Waals surface area contributed by atoms with E-state index in [1.165, 1.54) is 6.07 Å². The molecule has 80 valence electrons. The van der Waals surface area contributed by atoms with Crippen LogP contribution in [0.5, 0.6) is 0 Å². The molecule has 0 unspecified atom stereocenters. The Hall–Kier alpha value is -0.710. The SMILES string of the molecule is Cl.N[C@@H](CCO)c1c(F)cccc1F. The van der Waals surface area contributed by atoms with Gasteiger partial charge in [0.25, 0.3) is 0 Å². The van der Waals surface area contributed by atoms with Gasteiger partial charge in [-0.1, -0.05) is 6.07 Å². The fourth-order valence-electron chi connectivity index (χ4n) is 1.15. The molecule has 0 heterocycles. The maximum absolute atomic E-state index is 13.0. The highest BCUT2D eigenvalue weighted by Gasteiger charge is 2.15. The molecule has 5 heteroatoms. The summed E-state index contributed by atoms with van der Waals surface area (Å²) in [6, 6.07) is 2.79. The Labute approximate surface area is 87.1 Å². The molecule has 1 atom stereocenters. The molecule has 0 amide bonds. The van der Waals surface area contributed by atoms with Crippen LogP contribution in [-0.2, 0) is 0 Å². The smallest absolute Gasteiger partial charge is 0.130 e. The first-order chi connectivity index (χ1) is 6.16. The fourth-order valence-corrected chi connectivity index (χ4v) is 1.15. The number of hydrogen-bond acceptors (Lipinski definition) is 2. The van der Waals surface area contributed by atoms with Crippen LogP contribution in [0.15, 0.2) is 18.2 Å². The van der Waals surface area contributed by atoms with Crippen molar-refractivity contribution < 1.29 is 13.9 Å². The lowest BCUT2D eigenvalue weighted by atomic mass is 10.0. The zero-order valence-corrected chi connectivity index (χ0v) is 8.23. The number of aliphatic hydroxyl groups is 1. The number of benzene rings is 1. The van der Waals surface area contributed by atoms with Gasteiger partial charge in [0.05, 0.1) is 0 Å². The molecule has 1 aromatic carbocycles. The fraction of sp³-hybridized carbons (Fsp3) is 0.333. The highest BCUT2D eigenvalue weighted by Crippen LogP contribution is 2.20. The van der Waals surface area contributed by atoms with Gasteiger partial charge in [0, 0.05) is 18.2 Å². The van der Waals surface area contributed by atoms with Crippen molar-refractivity contribution in [1.29, 1.82) is 0 Å². The van der Waals surface area contributed by atoms with Gasteiger partial charge in [-0.3, -0.25) is 0 Å². The summed E-state index contributed by atoms with van der Waals surface area (Å²) in [6.07, 6.45) is 0.151. The summed E-state index contributed by atoms with van der Waals surface area (Å²) in [6.45, 7) is -0.186. The third kappa shape index (κ3) is 2.90. The lowest BCUT2D eigenvalue weighted by molar-refractivity contribution is 0.274. The van der Waals surface area contributed by atoms with E-state index in [2.05, 4.69) is 0 Å². The van der Waals surface area contributed by atoms with Crippen LogP contribution in [-0.4, -0.2) is 11.7 Å². The van der Waals surface area contributed by atoms with E-state index in [1.807, 2.05) is 0 Å². The lowest BCUT2D eigenvalue weighted by Crippen LogP contribution is -2.15. The second kappa shape index (κ2) is 5.90. The monoisotopic (exact) mass is 223 g/mol. The minimum absolute atomic E-state index is 0. The minimum atomic E-state index is -0.786. The molecule has 0 aliphatic carbocycles. The second-order valence-corrected chi connectivity index (χ2v) is 2.75. The van der Waals surface area contributed by atoms with Crippen LogP contribution in [0.2, 0.25) is 0 Å². The number of hydrogen-bond donors (Lipinski definition) is 2. The van der Waals surface area contributed by atoms with E-state index < -0.39 is 17.7 Å². The van der Waals surface area contributed by atoms with Crippen molar-refractivity contribution >= 4 is 12.4 Å². The lowest BCUT2D eigenvalue weighted by Gasteiger charge is -2.11. The van der Waals surface area contributed by atoms with E-state index in [0.29, 0.717) is 0 Å². The molecule has 3 N–H and O–H groups in total. The summed E-state index contributed by atoms with van der Waals surface area (Å²) in [5.41, 5.74) is 5.31. The summed E-state index contributed by atoms with van der Waals surface area (Å²) in [5, 5.41) is 8.55. The van der Waals surface area contributed by atoms with Crippen molar-refractivity contribution in [3.63, 3.8) is 0 Å². The van der Waals surface area contributed by atoms with E-state index in [-0.39, 0.29) is 31.0 Å². The van der Waals surface area contributed by atoms with Gasteiger partial charge in [-0.25, -0.2) is 8.78 Å². The third-order valence-electron chi connectivity index (χ3n) is 1.81. The van der Waals surface area contributed by atoms with Gasteiger partial charge in [-0.2, -0.15) is 0 Å². The maximum Gasteiger partial charge on any atom is 0.130 e. The standard InChI is InChI=1S/C9H11F2NO.ClH/c10-6-2-1-3-7(11)9(6)8(12)4-5-13;/h1-3,8,13H,4-5,12H2;1H/t8-;/m0./s1. The predicted molar refractivity (Wildman–Crippen MR) is 52.2 cm³/mol. The van der Waals surface area contributed by atoms with E-state index in [1.54, 1.807) is 0 Å². The summed E-state index contributed by atoms with van der Waals surface area (Å²) >= 11 is 0. The van der Waals surface area contributed by atoms with Crippen LogP contribution < -0.4 is 5.73 Å². The van der Waals surface area contributed by atoms with Gasteiger partial charge < -0.3 is 10.8 Å². The molecule has 1 aromatic rings. The van der Waals surface area contributed by atoms with Crippen LogP contribution in [0.3, 0.4) is 0 Å². The molecule has 2 nitrogen and oxygen atoms in total. The van der Waals surface area contributed by atoms with E-state index in [4.69, 9.17) is 10.8 Å². The molecule has 0 bridgehead atoms. The molecule has 14 heavy (non-hydrogen) atoms. The number of aliphatic hydroxyl groups excluding tert-OH is 1. The summed E-state index contributed by atoms with van der Waals surface area (Å²) in [7, 11) is 0. The van der Waals surface area contributed by atoms with Crippen molar-refractivity contribution in [2.45, 2.75) is 12.5 Å². The Morgan fingerprint density at radius 3 is 2.21 bits per heavy atom. The van der Waals surface area contributed by atoms with Crippen LogP contribution >= 0.6 is 12.4 Å². The first-order valence-electron chi connectivity index (χ1n) is 3.97. The van der Waals surface area contributed by atoms with E-state index >= 15 is 0 Å². The van der Waals surface area contributed by atoms with E-state index in [0.717, 1.165) is 12.1 Å². The normalized spacial score (nSPS) is 12.0. The molecule has 0 aromatic heterocycles. The van der Waals surface area contributed by atoms with Gasteiger partial charge in [0.15, 0.2) is 0 Å². The van der Waals surface area contributed by atoms with Gasteiger partial charge in [0.2, 0.25) is 0 Å². The van der Waals surface area contributed by atoms with Crippen molar-refractivity contribution in [1.82, 2.24) is 0 Å². The van der Waals surface area contributed by atoms with Gasteiger partial charge >= 0.3 is 0 Å². The predicted octanol–water partition coefficient (Wildman–Crippen LogP) is 1.77. The van der Waals surface area contributed by atoms with Gasteiger partial charge in [-0.05, 0) is 18.6 Å². The Morgan fingerprint density at radius 1 is 1.29 bits per heavy atom. The molecule has 0 fully saturated rings. The highest BCUT2D eigenvalue weighted by atomic mass is 35.5. The Morgan fingerprint density at radius 2 is 1.79 bits per heavy atom. The van der Waals surface area contributed by atoms with Crippen LogP contribution in [0.1, 0.15) is 18.0 Å². The van der Waals surface area contributed by atoms with E-state index in [9.17, 15) is 8.78 Å². The van der Waals surface area contributed by atoms with Crippen LogP contribution in [0.4, 0.5) is 8.78 Å². The molecule has 0 saturated heterocycles. The summed E-state index contributed by atoms with van der Waals surface area (Å²) in [4.78, 5) is 0. The minimum Gasteiger partial charge on any atom is -0.396 e. The first-order valence-corrected chi connectivity index (χ1v) is 3.97. The van der Waals surface area contributed by atoms with Gasteiger partial charge in [-0.15, -0.1) is 12.4 Å². The Bertz CT molecular complexity index is 276. The topological polar surface area (TPSA) is 46.2 Å². The van der Waals surface area contributed by atoms with Crippen molar-refractivity contribution in [3.8, 4) is 0 Å². The molecular formula is C9H12ClF2NO. The largest absolute Gasteiger partial charge is 0.396 e. The molecule has 0 radical (unpaired) electrons. The summed E-state index contributed by atoms with van der Waals surface area (Å²) < 4.78 is 26.0. The molecule has 0 aliphatic heterocycles. The molecule has 0 spiro atoms. The molecule has 0 saturated carbocycles. The third-order valence-corrected chi connectivity index (χ3v) is 1.81. The summed E-state index contributed by atoms with van der Waals surface area (Å²) in [5.74, 6) is -1.33. The molecule has 1 rings (SSSR count). The zero-order valence-electron chi connectivity index (χ0n) is 7.41. The first kappa shape index (κ1) is 13.3. The Balaban J connectivity index is 0.00000169. The van der Waals surface area contributed by atoms with Crippen LogP contribution in [0, 0.1) is 11.6 Å². The Kier molecular flexibility index (Phi) is 5.60. The quantitative estimate of drug-likeness (QED) is 0.821. The zero-order chi connectivity index (χ0) is 9.84. The van der Waals surface area contributed by atoms with Crippen molar-refractivity contribution in [3.05, 3.63) is 35.4 Å².